The van der Waals surface area contributed by atoms with Gasteiger partial charge in [-0.15, -0.1) is 0 Å². The number of nitrogens with zero attached hydrogens (tertiary/aromatic N) is 2. The zero-order chi connectivity index (χ0) is 16.3. The van der Waals surface area contributed by atoms with Crippen LogP contribution in [-0.2, 0) is 4.79 Å². The maximum atomic E-state index is 11.2. The highest BCUT2D eigenvalue weighted by Crippen LogP contribution is 2.21. The molecule has 8 nitrogen and oxygen atoms in total. The molecule has 1 atom stereocenters. The first-order chi connectivity index (χ1) is 10.4. The molecule has 22 heavy (non-hydrogen) atoms. The molecule has 5 N–H and O–H groups in total. The van der Waals surface area contributed by atoms with E-state index >= 15 is 0 Å². The molecule has 1 aromatic heterocycles. The Balaban J connectivity index is 2.45. The minimum atomic E-state index is -1.22. The largest absolute Gasteiger partial charge is 0.508 e. The van der Waals surface area contributed by atoms with Crippen LogP contribution in [0.25, 0.3) is 11.4 Å². The van der Waals surface area contributed by atoms with Gasteiger partial charge >= 0.3 is 5.97 Å². The predicted molar refractivity (Wildman–Crippen MR) is 78.4 cm³/mol. The summed E-state index contributed by atoms with van der Waals surface area (Å²) in [6.45, 7) is 1.53. The Morgan fingerprint density at radius 2 is 1.86 bits per heavy atom. The fourth-order valence-corrected chi connectivity index (χ4v) is 1.66. The molecule has 0 spiro atoms. The molecule has 0 aliphatic rings. The van der Waals surface area contributed by atoms with Crippen LogP contribution in [0.2, 0.25) is 0 Å². The van der Waals surface area contributed by atoms with Crippen molar-refractivity contribution in [1.29, 1.82) is 0 Å². The molecule has 0 radical (unpaired) electrons. The van der Waals surface area contributed by atoms with Crippen molar-refractivity contribution in [3.05, 3.63) is 36.0 Å². The summed E-state index contributed by atoms with van der Waals surface area (Å²) in [5.41, 5.74) is 5.46. The second-order valence-corrected chi connectivity index (χ2v) is 4.58. The number of anilines is 1. The first-order valence-corrected chi connectivity index (χ1v) is 6.34. The summed E-state index contributed by atoms with van der Waals surface area (Å²) in [5, 5.41) is 21.1. The lowest BCUT2D eigenvalue weighted by Gasteiger charge is -2.12. The van der Waals surface area contributed by atoms with Gasteiger partial charge in [0.2, 0.25) is 5.91 Å². The number of nitrogens with one attached hydrogen (secondary N) is 1. The van der Waals surface area contributed by atoms with Gasteiger partial charge in [0.15, 0.2) is 11.5 Å². The van der Waals surface area contributed by atoms with Crippen molar-refractivity contribution in [2.75, 3.05) is 5.32 Å². The number of aromatic nitrogens is 2. The van der Waals surface area contributed by atoms with E-state index in [0.717, 1.165) is 0 Å². The van der Waals surface area contributed by atoms with Crippen LogP contribution >= 0.6 is 0 Å². The van der Waals surface area contributed by atoms with Gasteiger partial charge in [-0.25, -0.2) is 14.8 Å². The number of aromatic hydroxyl groups is 1. The Labute approximate surface area is 125 Å². The lowest BCUT2D eigenvalue weighted by Crippen LogP contribution is -2.32. The number of carboxylic acids is 1. The first-order valence-electron chi connectivity index (χ1n) is 6.34. The summed E-state index contributed by atoms with van der Waals surface area (Å²) in [6, 6.07) is 6.47. The topological polar surface area (TPSA) is 138 Å². The molecule has 0 fully saturated rings. The molecular weight excluding hydrogens is 288 g/mol. The van der Waals surface area contributed by atoms with Gasteiger partial charge in [0.1, 0.15) is 17.6 Å². The van der Waals surface area contributed by atoms with E-state index in [1.165, 1.54) is 25.1 Å². The van der Waals surface area contributed by atoms with Crippen molar-refractivity contribution in [2.24, 2.45) is 5.73 Å². The number of rotatable bonds is 5. The number of hydrogen-bond acceptors (Lipinski definition) is 6. The number of carboxylic acid groups (broad SMARTS) is 1. The average Bonchev–Trinajstić information content (AvgIpc) is 2.47. The van der Waals surface area contributed by atoms with Gasteiger partial charge in [0.25, 0.3) is 0 Å². The molecule has 114 valence electrons. The molecule has 1 heterocycles. The molecule has 0 unspecified atom stereocenters. The fraction of sp³-hybridized carbons (Fsp3) is 0.143. The quantitative estimate of drug-likeness (QED) is 0.641. The molecule has 0 bridgehead atoms. The van der Waals surface area contributed by atoms with Crippen molar-refractivity contribution < 1.29 is 19.8 Å². The van der Waals surface area contributed by atoms with E-state index in [4.69, 9.17) is 10.8 Å². The molecule has 0 saturated heterocycles. The highest BCUT2D eigenvalue weighted by Gasteiger charge is 2.15. The highest BCUT2D eigenvalue weighted by atomic mass is 16.4. The van der Waals surface area contributed by atoms with Crippen LogP contribution in [0, 0.1) is 0 Å². The Morgan fingerprint density at radius 3 is 2.41 bits per heavy atom. The van der Waals surface area contributed by atoms with E-state index in [1.54, 1.807) is 12.1 Å². The summed E-state index contributed by atoms with van der Waals surface area (Å²) >= 11 is 0. The molecular formula is C14H14N4O4. The van der Waals surface area contributed by atoms with Gasteiger partial charge in [-0.05, 0) is 31.2 Å². The van der Waals surface area contributed by atoms with Crippen LogP contribution in [0.15, 0.2) is 30.3 Å². The minimum absolute atomic E-state index is 0.0684. The van der Waals surface area contributed by atoms with Gasteiger partial charge in [0.05, 0.1) is 0 Å². The van der Waals surface area contributed by atoms with E-state index in [1.807, 2.05) is 0 Å². The third kappa shape index (κ3) is 3.48. The van der Waals surface area contributed by atoms with Gasteiger partial charge in [-0.3, -0.25) is 4.79 Å². The Hall–Kier alpha value is -3.16. The van der Waals surface area contributed by atoms with Crippen LogP contribution in [0.4, 0.5) is 5.82 Å². The van der Waals surface area contributed by atoms with Crippen molar-refractivity contribution in [3.8, 4) is 17.1 Å². The Morgan fingerprint density at radius 1 is 1.23 bits per heavy atom. The molecule has 0 aliphatic carbocycles. The molecule has 1 aromatic carbocycles. The molecule has 0 aliphatic heterocycles. The molecule has 8 heteroatoms. The number of phenols is 1. The average molecular weight is 302 g/mol. The molecule has 2 rings (SSSR count). The number of carbonyl (C=O) groups excluding carboxylic acids is 1. The van der Waals surface area contributed by atoms with Crippen molar-refractivity contribution >= 4 is 17.7 Å². The standard InChI is InChI=1S/C14H14N4O4/c1-7(12(15)20)16-11-6-10(14(21)22)17-13(18-11)8-2-4-9(19)5-3-8/h2-7,19H,1H3,(H2,15,20)(H,21,22)(H,16,17,18)/t7-/m0/s1. The fourth-order valence-electron chi connectivity index (χ4n) is 1.66. The van der Waals surface area contributed by atoms with Crippen molar-refractivity contribution in [2.45, 2.75) is 13.0 Å². The lowest BCUT2D eigenvalue weighted by atomic mass is 10.2. The smallest absolute Gasteiger partial charge is 0.354 e. The number of amides is 1. The van der Waals surface area contributed by atoms with Crippen molar-refractivity contribution in [1.82, 2.24) is 9.97 Å². The lowest BCUT2D eigenvalue weighted by molar-refractivity contribution is -0.118. The maximum absolute atomic E-state index is 11.2. The SMILES string of the molecule is C[C@H](Nc1cc(C(=O)O)nc(-c2ccc(O)cc2)n1)C(N)=O. The highest BCUT2D eigenvalue weighted by molar-refractivity contribution is 5.87. The van der Waals surface area contributed by atoms with Crippen LogP contribution < -0.4 is 11.1 Å². The summed E-state index contributed by atoms with van der Waals surface area (Å²) < 4.78 is 0. The number of carbonyl (C=O) groups is 2. The first kappa shape index (κ1) is 15.2. The Kier molecular flexibility index (Phi) is 4.21. The van der Waals surface area contributed by atoms with Crippen LogP contribution in [0.3, 0.4) is 0 Å². The molecule has 0 saturated carbocycles. The normalized spacial score (nSPS) is 11.7. The second-order valence-electron chi connectivity index (χ2n) is 4.58. The maximum Gasteiger partial charge on any atom is 0.354 e. The van der Waals surface area contributed by atoms with Crippen molar-refractivity contribution in [3.63, 3.8) is 0 Å². The van der Waals surface area contributed by atoms with Crippen LogP contribution in [-0.4, -0.2) is 38.1 Å². The van der Waals surface area contributed by atoms with Gasteiger partial charge in [-0.2, -0.15) is 0 Å². The zero-order valence-corrected chi connectivity index (χ0v) is 11.6. The number of nitrogens with two attached hydrogens (primary N) is 1. The summed E-state index contributed by atoms with van der Waals surface area (Å²) in [7, 11) is 0. The van der Waals surface area contributed by atoms with Gasteiger partial charge in [0, 0.05) is 11.6 Å². The van der Waals surface area contributed by atoms with E-state index in [2.05, 4.69) is 15.3 Å². The summed E-state index contributed by atoms with van der Waals surface area (Å²) in [4.78, 5) is 30.3. The van der Waals surface area contributed by atoms with E-state index < -0.39 is 17.9 Å². The predicted octanol–water partition coefficient (Wildman–Crippen LogP) is 0.833. The number of benzene rings is 1. The molecule has 2 aromatic rings. The number of aromatic carboxylic acids is 1. The zero-order valence-electron chi connectivity index (χ0n) is 11.6. The third-order valence-corrected chi connectivity index (χ3v) is 2.86. The monoisotopic (exact) mass is 302 g/mol. The van der Waals surface area contributed by atoms with E-state index in [-0.39, 0.29) is 23.1 Å². The second kappa shape index (κ2) is 6.08. The van der Waals surface area contributed by atoms with Gasteiger partial charge in [-0.1, -0.05) is 0 Å². The number of hydrogen-bond donors (Lipinski definition) is 4. The number of primary amides is 1. The van der Waals surface area contributed by atoms with Gasteiger partial charge < -0.3 is 21.3 Å². The Bertz CT molecular complexity index is 715. The van der Waals surface area contributed by atoms with Crippen LogP contribution in [0.5, 0.6) is 5.75 Å². The van der Waals surface area contributed by atoms with E-state index in [0.29, 0.717) is 5.56 Å². The number of phenolic OH excluding ortho intramolecular Hbond substituents is 1. The minimum Gasteiger partial charge on any atom is -0.508 e. The van der Waals surface area contributed by atoms with E-state index in [9.17, 15) is 14.7 Å². The summed E-state index contributed by atoms with van der Waals surface area (Å²) in [5.74, 6) is -1.43. The summed E-state index contributed by atoms with van der Waals surface area (Å²) in [6.07, 6.45) is 0. The molecule has 1 amide bonds. The van der Waals surface area contributed by atoms with Crippen LogP contribution in [0.1, 0.15) is 17.4 Å². The third-order valence-electron chi connectivity index (χ3n) is 2.86.